The van der Waals surface area contributed by atoms with Gasteiger partial charge < -0.3 is 10.1 Å². The van der Waals surface area contributed by atoms with E-state index in [0.29, 0.717) is 43.8 Å². The molecule has 1 aliphatic rings. The molecule has 3 aromatic rings. The molecule has 8 heteroatoms. The minimum absolute atomic E-state index is 0.0493. The Morgan fingerprint density at radius 1 is 1.06 bits per heavy atom. The number of rotatable bonds is 9. The van der Waals surface area contributed by atoms with E-state index in [1.54, 1.807) is 36.4 Å². The zero-order valence-corrected chi connectivity index (χ0v) is 21.6. The molecule has 1 saturated heterocycles. The molecule has 1 fully saturated rings. The summed E-state index contributed by atoms with van der Waals surface area (Å²) in [4.78, 5) is 17.1. The molecular formula is C28H33N3O4S. The average Bonchev–Trinajstić information content (AvgIpc) is 2.89. The van der Waals surface area contributed by atoms with E-state index in [1.807, 2.05) is 44.2 Å². The van der Waals surface area contributed by atoms with Gasteiger partial charge in [0.1, 0.15) is 5.75 Å². The van der Waals surface area contributed by atoms with E-state index in [1.165, 1.54) is 16.6 Å². The molecule has 2 aromatic carbocycles. The lowest BCUT2D eigenvalue weighted by Crippen LogP contribution is -2.52. The van der Waals surface area contributed by atoms with Crippen LogP contribution in [0.5, 0.6) is 5.75 Å². The highest BCUT2D eigenvalue weighted by Gasteiger charge is 2.41. The van der Waals surface area contributed by atoms with Gasteiger partial charge in [-0.25, -0.2) is 13.4 Å². The molecular weight excluding hydrogens is 474 g/mol. The van der Waals surface area contributed by atoms with E-state index >= 15 is 0 Å². The number of pyridine rings is 1. The fourth-order valence-corrected chi connectivity index (χ4v) is 6.23. The van der Waals surface area contributed by atoms with Gasteiger partial charge in [-0.15, -0.1) is 0 Å². The van der Waals surface area contributed by atoms with Gasteiger partial charge in [-0.2, -0.15) is 4.31 Å². The number of sulfonamides is 1. The quantitative estimate of drug-likeness (QED) is 0.466. The number of hydrogen-bond acceptors (Lipinski definition) is 5. The molecule has 0 radical (unpaired) electrons. The van der Waals surface area contributed by atoms with Crippen LogP contribution in [0.2, 0.25) is 0 Å². The Morgan fingerprint density at radius 2 is 1.78 bits per heavy atom. The molecule has 0 saturated carbocycles. The van der Waals surface area contributed by atoms with Crippen LogP contribution >= 0.6 is 0 Å². The SMILES string of the molecule is CC(C)Oc1ccc(C(=O)NCC2(Cc3ccccc3)CCCN(S(=O)(=O)c3ccccn3)C2)cc1. The van der Waals surface area contributed by atoms with Gasteiger partial charge in [-0.05, 0) is 75.1 Å². The lowest BCUT2D eigenvalue weighted by Gasteiger charge is -2.42. The fourth-order valence-electron chi connectivity index (χ4n) is 4.71. The largest absolute Gasteiger partial charge is 0.491 e. The van der Waals surface area contributed by atoms with Gasteiger partial charge in [0.2, 0.25) is 0 Å². The number of amides is 1. The maximum atomic E-state index is 13.4. The predicted molar refractivity (Wildman–Crippen MR) is 139 cm³/mol. The highest BCUT2D eigenvalue weighted by atomic mass is 32.2. The lowest BCUT2D eigenvalue weighted by atomic mass is 9.75. The zero-order chi connectivity index (χ0) is 25.6. The number of nitrogens with one attached hydrogen (secondary N) is 1. The summed E-state index contributed by atoms with van der Waals surface area (Å²) in [6.07, 6.45) is 3.71. The van der Waals surface area contributed by atoms with Gasteiger partial charge in [-0.3, -0.25) is 4.79 Å². The van der Waals surface area contributed by atoms with Gasteiger partial charge in [0.15, 0.2) is 5.03 Å². The summed E-state index contributed by atoms with van der Waals surface area (Å²) in [5.74, 6) is 0.521. The average molecular weight is 508 g/mol. The number of hydrogen-bond donors (Lipinski definition) is 1. The molecule has 4 rings (SSSR count). The van der Waals surface area contributed by atoms with Crippen LogP contribution < -0.4 is 10.1 Å². The summed E-state index contributed by atoms with van der Waals surface area (Å²) >= 11 is 0. The smallest absolute Gasteiger partial charge is 0.260 e. The number of aromatic nitrogens is 1. The molecule has 1 aromatic heterocycles. The summed E-state index contributed by atoms with van der Waals surface area (Å²) in [6.45, 7) is 5.00. The minimum Gasteiger partial charge on any atom is -0.491 e. The number of carbonyl (C=O) groups is 1. The van der Waals surface area contributed by atoms with Crippen molar-refractivity contribution >= 4 is 15.9 Å². The maximum Gasteiger partial charge on any atom is 0.260 e. The highest BCUT2D eigenvalue weighted by molar-refractivity contribution is 7.89. The Balaban J connectivity index is 1.54. The molecule has 1 amide bonds. The van der Waals surface area contributed by atoms with Gasteiger partial charge in [0.25, 0.3) is 15.9 Å². The second kappa shape index (κ2) is 11.2. The molecule has 7 nitrogen and oxygen atoms in total. The third-order valence-electron chi connectivity index (χ3n) is 6.40. The minimum atomic E-state index is -3.74. The first kappa shape index (κ1) is 25.9. The summed E-state index contributed by atoms with van der Waals surface area (Å²) in [5, 5.41) is 3.13. The summed E-state index contributed by atoms with van der Waals surface area (Å²) in [7, 11) is -3.74. The first-order valence-corrected chi connectivity index (χ1v) is 13.7. The standard InChI is InChI=1S/C28H33N3O4S/c1-22(2)35-25-14-12-24(13-15-25)27(32)30-20-28(19-23-9-4-3-5-10-23)16-8-18-31(21-28)36(33,34)26-11-6-7-17-29-26/h3-7,9-15,17,22H,8,16,18-21H2,1-2H3,(H,30,32). The van der Waals surface area contributed by atoms with Crippen LogP contribution in [0.1, 0.15) is 42.6 Å². The molecule has 36 heavy (non-hydrogen) atoms. The van der Waals surface area contributed by atoms with E-state index < -0.39 is 15.4 Å². The molecule has 2 heterocycles. The van der Waals surface area contributed by atoms with Crippen LogP contribution in [-0.4, -0.2) is 49.4 Å². The van der Waals surface area contributed by atoms with Gasteiger partial charge in [0, 0.05) is 36.8 Å². The van der Waals surface area contributed by atoms with Crippen molar-refractivity contribution in [1.82, 2.24) is 14.6 Å². The molecule has 0 bridgehead atoms. The molecule has 190 valence electrons. The second-order valence-electron chi connectivity index (χ2n) is 9.65. The highest BCUT2D eigenvalue weighted by Crippen LogP contribution is 2.35. The van der Waals surface area contributed by atoms with Crippen molar-refractivity contribution in [3.05, 3.63) is 90.1 Å². The van der Waals surface area contributed by atoms with Gasteiger partial charge in [0.05, 0.1) is 6.10 Å². The van der Waals surface area contributed by atoms with Gasteiger partial charge >= 0.3 is 0 Å². The van der Waals surface area contributed by atoms with Gasteiger partial charge in [-0.1, -0.05) is 36.4 Å². The monoisotopic (exact) mass is 507 g/mol. The van der Waals surface area contributed by atoms with Crippen molar-refractivity contribution in [3.8, 4) is 5.75 Å². The topological polar surface area (TPSA) is 88.6 Å². The molecule has 1 unspecified atom stereocenters. The lowest BCUT2D eigenvalue weighted by molar-refractivity contribution is 0.0888. The van der Waals surface area contributed by atoms with Crippen LogP contribution in [0.25, 0.3) is 0 Å². The first-order chi connectivity index (χ1) is 17.3. The normalized spacial score (nSPS) is 18.6. The molecule has 1 aliphatic heterocycles. The number of piperidine rings is 1. The van der Waals surface area contributed by atoms with Crippen molar-refractivity contribution in [2.75, 3.05) is 19.6 Å². The summed E-state index contributed by atoms with van der Waals surface area (Å²) in [5.41, 5.74) is 1.20. The Kier molecular flexibility index (Phi) is 8.06. The fraction of sp³-hybridized carbons (Fsp3) is 0.357. The van der Waals surface area contributed by atoms with Crippen molar-refractivity contribution < 1.29 is 17.9 Å². The van der Waals surface area contributed by atoms with Crippen LogP contribution in [0.4, 0.5) is 0 Å². The van der Waals surface area contributed by atoms with Crippen molar-refractivity contribution in [1.29, 1.82) is 0 Å². The van der Waals surface area contributed by atoms with Crippen molar-refractivity contribution in [3.63, 3.8) is 0 Å². The van der Waals surface area contributed by atoms with Crippen molar-refractivity contribution in [2.24, 2.45) is 5.41 Å². The van der Waals surface area contributed by atoms with Crippen molar-refractivity contribution in [2.45, 2.75) is 44.2 Å². The molecule has 1 atom stereocenters. The number of carbonyl (C=O) groups excluding carboxylic acids is 1. The third-order valence-corrected chi connectivity index (χ3v) is 8.16. The van der Waals surface area contributed by atoms with Crippen LogP contribution in [0.15, 0.2) is 84.0 Å². The summed E-state index contributed by atoms with van der Waals surface area (Å²) in [6, 6.07) is 22.0. The van der Waals surface area contributed by atoms with Crippen LogP contribution in [-0.2, 0) is 16.4 Å². The molecule has 0 spiro atoms. The van der Waals surface area contributed by atoms with E-state index in [0.717, 1.165) is 12.0 Å². The first-order valence-electron chi connectivity index (χ1n) is 12.3. The third kappa shape index (κ3) is 6.30. The van der Waals surface area contributed by atoms with Crippen LogP contribution in [0.3, 0.4) is 0 Å². The summed E-state index contributed by atoms with van der Waals surface area (Å²) < 4.78 is 33.9. The van der Waals surface area contributed by atoms with E-state index in [9.17, 15) is 13.2 Å². The van der Waals surface area contributed by atoms with E-state index in [2.05, 4.69) is 10.3 Å². The number of benzene rings is 2. The Morgan fingerprint density at radius 3 is 2.44 bits per heavy atom. The van der Waals surface area contributed by atoms with Crippen LogP contribution in [0, 0.1) is 5.41 Å². The number of ether oxygens (including phenoxy) is 1. The maximum absolute atomic E-state index is 13.4. The zero-order valence-electron chi connectivity index (χ0n) is 20.8. The second-order valence-corrected chi connectivity index (χ2v) is 11.5. The Hall–Kier alpha value is -3.23. The molecule has 0 aliphatic carbocycles. The predicted octanol–water partition coefficient (Wildman–Crippen LogP) is 4.31. The number of nitrogens with zero attached hydrogens (tertiary/aromatic N) is 2. The molecule has 1 N–H and O–H groups in total. The van der Waals surface area contributed by atoms with E-state index in [-0.39, 0.29) is 17.0 Å². The Labute approximate surface area is 213 Å². The van der Waals surface area contributed by atoms with E-state index in [4.69, 9.17) is 4.74 Å². The Bertz CT molecular complexity index is 1250.